The Morgan fingerprint density at radius 1 is 1.00 bits per heavy atom. The molecule has 2 aromatic rings. The van der Waals surface area contributed by atoms with E-state index in [1.165, 1.54) is 16.7 Å². The van der Waals surface area contributed by atoms with Crippen molar-refractivity contribution in [3.63, 3.8) is 0 Å². The highest BCUT2D eigenvalue weighted by Crippen LogP contribution is 2.31. The van der Waals surface area contributed by atoms with Crippen molar-refractivity contribution in [1.82, 2.24) is 4.98 Å². The number of halogens is 2. The van der Waals surface area contributed by atoms with Gasteiger partial charge in [-0.25, -0.2) is 4.98 Å². The topological polar surface area (TPSA) is 12.9 Å². The van der Waals surface area contributed by atoms with Crippen molar-refractivity contribution < 1.29 is 0 Å². The Balaban J connectivity index is 3.03. The minimum atomic E-state index is 0.443. The molecule has 15 heavy (non-hydrogen) atoms. The molecule has 1 aromatic carbocycles. The lowest BCUT2D eigenvalue weighted by atomic mass is 9.98. The van der Waals surface area contributed by atoms with Gasteiger partial charge in [0.1, 0.15) is 10.3 Å². The van der Waals surface area contributed by atoms with Crippen LogP contribution in [0.3, 0.4) is 0 Å². The van der Waals surface area contributed by atoms with Crippen LogP contribution in [0.1, 0.15) is 16.7 Å². The van der Waals surface area contributed by atoms with Gasteiger partial charge in [0.2, 0.25) is 0 Å². The number of nitrogens with zero attached hydrogens (tertiary/aromatic N) is 1. The summed E-state index contributed by atoms with van der Waals surface area (Å²) in [6.45, 7) is 6.19. The number of aromatic nitrogens is 1. The van der Waals surface area contributed by atoms with Crippen molar-refractivity contribution in [2.45, 2.75) is 20.8 Å². The predicted molar refractivity (Wildman–Crippen MR) is 66.0 cm³/mol. The quantitative estimate of drug-likeness (QED) is 0.619. The molecular formula is C12H11Cl2N. The molecule has 0 saturated heterocycles. The van der Waals surface area contributed by atoms with Gasteiger partial charge in [0.25, 0.3) is 0 Å². The summed E-state index contributed by atoms with van der Waals surface area (Å²) in [7, 11) is 0. The van der Waals surface area contributed by atoms with Crippen molar-refractivity contribution in [2.24, 2.45) is 0 Å². The molecule has 0 saturated carbocycles. The molecule has 78 valence electrons. The van der Waals surface area contributed by atoms with Gasteiger partial charge in [0.15, 0.2) is 0 Å². The molecule has 0 radical (unpaired) electrons. The van der Waals surface area contributed by atoms with E-state index in [9.17, 15) is 0 Å². The van der Waals surface area contributed by atoms with Crippen LogP contribution in [0.15, 0.2) is 12.1 Å². The van der Waals surface area contributed by atoms with Crippen LogP contribution in [0.2, 0.25) is 10.3 Å². The lowest BCUT2D eigenvalue weighted by molar-refractivity contribution is 1.30. The molecule has 0 aliphatic carbocycles. The highest BCUT2D eigenvalue weighted by atomic mass is 35.5. The summed E-state index contributed by atoms with van der Waals surface area (Å²) in [5, 5.41) is 3.03. The van der Waals surface area contributed by atoms with E-state index >= 15 is 0 Å². The number of hydrogen-bond donors (Lipinski definition) is 0. The van der Waals surface area contributed by atoms with E-state index in [1.807, 2.05) is 6.07 Å². The van der Waals surface area contributed by atoms with E-state index < -0.39 is 0 Å². The van der Waals surface area contributed by atoms with Crippen LogP contribution < -0.4 is 0 Å². The van der Waals surface area contributed by atoms with Gasteiger partial charge < -0.3 is 0 Å². The second-order valence-electron chi connectivity index (χ2n) is 3.79. The van der Waals surface area contributed by atoms with Crippen LogP contribution >= 0.6 is 23.2 Å². The zero-order valence-corrected chi connectivity index (χ0v) is 10.4. The maximum atomic E-state index is 6.12. The van der Waals surface area contributed by atoms with E-state index in [0.717, 1.165) is 10.8 Å². The molecule has 3 heteroatoms. The molecule has 2 rings (SSSR count). The highest BCUT2D eigenvalue weighted by molar-refractivity contribution is 6.37. The fraction of sp³-hybridized carbons (Fsp3) is 0.250. The first kappa shape index (κ1) is 10.7. The predicted octanol–water partition coefficient (Wildman–Crippen LogP) is 4.47. The summed E-state index contributed by atoms with van der Waals surface area (Å²) in [6, 6.07) is 4.01. The maximum Gasteiger partial charge on any atom is 0.138 e. The zero-order valence-electron chi connectivity index (χ0n) is 8.86. The summed E-state index contributed by atoms with van der Waals surface area (Å²) < 4.78 is 0. The van der Waals surface area contributed by atoms with Crippen LogP contribution in [0, 0.1) is 20.8 Å². The summed E-state index contributed by atoms with van der Waals surface area (Å²) in [5.41, 5.74) is 3.58. The van der Waals surface area contributed by atoms with Crippen molar-refractivity contribution in [3.8, 4) is 0 Å². The van der Waals surface area contributed by atoms with Gasteiger partial charge in [-0.3, -0.25) is 0 Å². The van der Waals surface area contributed by atoms with Crippen molar-refractivity contribution in [1.29, 1.82) is 0 Å². The van der Waals surface area contributed by atoms with Gasteiger partial charge in [0, 0.05) is 5.39 Å². The number of aryl methyl sites for hydroxylation is 3. The third-order valence-corrected chi connectivity index (χ3v) is 3.24. The zero-order chi connectivity index (χ0) is 11.2. The molecule has 1 aromatic heterocycles. The van der Waals surface area contributed by atoms with Gasteiger partial charge in [0.05, 0.1) is 0 Å². The van der Waals surface area contributed by atoms with Gasteiger partial charge in [-0.15, -0.1) is 0 Å². The average Bonchev–Trinajstić information content (AvgIpc) is 2.13. The normalized spacial score (nSPS) is 11.0. The molecule has 0 spiro atoms. The van der Waals surface area contributed by atoms with Crippen molar-refractivity contribution >= 4 is 34.0 Å². The van der Waals surface area contributed by atoms with E-state index in [4.69, 9.17) is 23.2 Å². The first-order chi connectivity index (χ1) is 7.00. The van der Waals surface area contributed by atoms with Gasteiger partial charge in [-0.2, -0.15) is 0 Å². The van der Waals surface area contributed by atoms with Gasteiger partial charge in [-0.1, -0.05) is 29.3 Å². The van der Waals surface area contributed by atoms with Gasteiger partial charge in [-0.05, 0) is 48.9 Å². The summed E-state index contributed by atoms with van der Waals surface area (Å²) in [6.07, 6.45) is 0. The van der Waals surface area contributed by atoms with E-state index in [0.29, 0.717) is 10.3 Å². The van der Waals surface area contributed by atoms with Crippen LogP contribution in [0.4, 0.5) is 0 Å². The number of rotatable bonds is 0. The largest absolute Gasteiger partial charge is 0.224 e. The minimum Gasteiger partial charge on any atom is -0.224 e. The number of pyridine rings is 1. The SMILES string of the molecule is Cc1cc(C)c2cc(Cl)nc(Cl)c2c1C. The standard InChI is InChI=1S/C12H11Cl2N/c1-6-4-7(2)9-5-10(13)15-12(14)11(9)8(6)3/h4-5H,1-3H3. The first-order valence-corrected chi connectivity index (χ1v) is 5.49. The molecule has 1 nitrogen and oxygen atoms in total. The molecule has 0 bridgehead atoms. The fourth-order valence-corrected chi connectivity index (χ4v) is 2.43. The Kier molecular flexibility index (Phi) is 2.61. The lowest BCUT2D eigenvalue weighted by Crippen LogP contribution is -1.91. The Labute approximate surface area is 99.0 Å². The molecule has 0 atom stereocenters. The first-order valence-electron chi connectivity index (χ1n) is 4.73. The molecule has 0 aliphatic heterocycles. The van der Waals surface area contributed by atoms with E-state index in [-0.39, 0.29) is 0 Å². The number of benzene rings is 1. The third kappa shape index (κ3) is 1.70. The monoisotopic (exact) mass is 239 g/mol. The molecule has 1 heterocycles. The summed E-state index contributed by atoms with van der Waals surface area (Å²) in [4.78, 5) is 4.08. The van der Waals surface area contributed by atoms with Crippen LogP contribution in [-0.2, 0) is 0 Å². The lowest BCUT2D eigenvalue weighted by Gasteiger charge is -2.10. The van der Waals surface area contributed by atoms with Crippen LogP contribution in [0.25, 0.3) is 10.8 Å². The van der Waals surface area contributed by atoms with Crippen molar-refractivity contribution in [3.05, 3.63) is 39.1 Å². The molecule has 0 fully saturated rings. The van der Waals surface area contributed by atoms with Gasteiger partial charge >= 0.3 is 0 Å². The smallest absolute Gasteiger partial charge is 0.138 e. The third-order valence-electron chi connectivity index (χ3n) is 2.77. The molecule has 0 aliphatic rings. The Bertz CT molecular complexity index is 547. The van der Waals surface area contributed by atoms with E-state index in [1.54, 1.807) is 0 Å². The fourth-order valence-electron chi connectivity index (χ4n) is 1.86. The summed E-state index contributed by atoms with van der Waals surface area (Å²) in [5.74, 6) is 0. The second-order valence-corrected chi connectivity index (χ2v) is 4.54. The maximum absolute atomic E-state index is 6.12. The minimum absolute atomic E-state index is 0.443. The molecule has 0 amide bonds. The van der Waals surface area contributed by atoms with Crippen LogP contribution in [0.5, 0.6) is 0 Å². The Hall–Kier alpha value is -0.790. The second kappa shape index (κ2) is 3.66. The molecule has 0 unspecified atom stereocenters. The number of fused-ring (bicyclic) bond motifs is 1. The molecular weight excluding hydrogens is 229 g/mol. The van der Waals surface area contributed by atoms with Crippen LogP contribution in [-0.4, -0.2) is 4.98 Å². The Morgan fingerprint density at radius 3 is 2.33 bits per heavy atom. The van der Waals surface area contributed by atoms with E-state index in [2.05, 4.69) is 31.8 Å². The highest BCUT2D eigenvalue weighted by Gasteiger charge is 2.09. The van der Waals surface area contributed by atoms with Crippen molar-refractivity contribution in [2.75, 3.05) is 0 Å². The Morgan fingerprint density at radius 2 is 1.67 bits per heavy atom. The molecule has 0 N–H and O–H groups in total. The number of hydrogen-bond acceptors (Lipinski definition) is 1. The average molecular weight is 240 g/mol. The summed E-state index contributed by atoms with van der Waals surface area (Å²) >= 11 is 12.0.